The van der Waals surface area contributed by atoms with Crippen molar-refractivity contribution in [2.75, 3.05) is 40.6 Å². The molecule has 0 heterocycles. The normalized spacial score (nSPS) is 12.2. The smallest absolute Gasteiger partial charge is 0.161 e. The first-order valence-corrected chi connectivity index (χ1v) is 7.29. The van der Waals surface area contributed by atoms with Crippen molar-refractivity contribution >= 4 is 0 Å². The highest BCUT2D eigenvalue weighted by atomic mass is 16.5. The lowest BCUT2D eigenvalue weighted by Gasteiger charge is -2.13. The molecule has 1 aromatic carbocycles. The van der Waals surface area contributed by atoms with Crippen LogP contribution in [0.25, 0.3) is 0 Å². The standard InChI is InChI=1S/C16H27NO4/c1-13(17)11-14-5-6-15(19-3)16(12-14)21-10-9-20-8-4-7-18-2/h5-6,12-13H,4,7-11,17H2,1-3H3. The molecule has 0 bridgehead atoms. The summed E-state index contributed by atoms with van der Waals surface area (Å²) in [6.45, 7) is 4.42. The number of methoxy groups -OCH3 is 2. The minimum Gasteiger partial charge on any atom is -0.493 e. The van der Waals surface area contributed by atoms with Gasteiger partial charge in [-0.25, -0.2) is 0 Å². The van der Waals surface area contributed by atoms with Gasteiger partial charge in [0.1, 0.15) is 6.61 Å². The molecule has 0 fully saturated rings. The molecule has 21 heavy (non-hydrogen) atoms. The highest BCUT2D eigenvalue weighted by molar-refractivity contribution is 5.43. The second kappa shape index (κ2) is 10.4. The van der Waals surface area contributed by atoms with Crippen molar-refractivity contribution in [2.24, 2.45) is 5.73 Å². The van der Waals surface area contributed by atoms with E-state index in [-0.39, 0.29) is 6.04 Å². The summed E-state index contributed by atoms with van der Waals surface area (Å²) in [6.07, 6.45) is 1.71. The van der Waals surface area contributed by atoms with Crippen molar-refractivity contribution in [3.05, 3.63) is 23.8 Å². The summed E-state index contributed by atoms with van der Waals surface area (Å²) >= 11 is 0. The average Bonchev–Trinajstić information content (AvgIpc) is 2.46. The van der Waals surface area contributed by atoms with E-state index in [9.17, 15) is 0 Å². The van der Waals surface area contributed by atoms with Crippen molar-refractivity contribution in [2.45, 2.75) is 25.8 Å². The Morgan fingerprint density at radius 1 is 1.05 bits per heavy atom. The summed E-state index contributed by atoms with van der Waals surface area (Å²) in [5.74, 6) is 1.46. The van der Waals surface area contributed by atoms with Gasteiger partial charge in [-0.1, -0.05) is 6.07 Å². The number of hydrogen-bond donors (Lipinski definition) is 1. The minimum atomic E-state index is 0.121. The molecule has 0 aliphatic carbocycles. The number of benzene rings is 1. The highest BCUT2D eigenvalue weighted by Gasteiger charge is 2.07. The number of hydrogen-bond acceptors (Lipinski definition) is 5. The third-order valence-corrected chi connectivity index (χ3v) is 2.91. The Kier molecular flexibility index (Phi) is 8.82. The second-order valence-electron chi connectivity index (χ2n) is 4.97. The Morgan fingerprint density at radius 3 is 2.52 bits per heavy atom. The lowest BCUT2D eigenvalue weighted by Crippen LogP contribution is -2.17. The molecule has 1 atom stereocenters. The van der Waals surface area contributed by atoms with Crippen LogP contribution in [0, 0.1) is 0 Å². The van der Waals surface area contributed by atoms with Crippen molar-refractivity contribution in [3.8, 4) is 11.5 Å². The molecule has 120 valence electrons. The summed E-state index contributed by atoms with van der Waals surface area (Å²) in [5, 5.41) is 0. The molecule has 0 aliphatic rings. The Hall–Kier alpha value is -1.30. The zero-order valence-electron chi connectivity index (χ0n) is 13.3. The molecule has 5 heteroatoms. The molecule has 1 rings (SSSR count). The largest absolute Gasteiger partial charge is 0.493 e. The summed E-state index contributed by atoms with van der Waals surface area (Å²) in [7, 11) is 3.32. The number of rotatable bonds is 11. The van der Waals surface area contributed by atoms with Crippen molar-refractivity contribution in [1.82, 2.24) is 0 Å². The molecule has 1 aromatic rings. The van der Waals surface area contributed by atoms with E-state index in [2.05, 4.69) is 0 Å². The van der Waals surface area contributed by atoms with E-state index in [0.717, 1.165) is 29.9 Å². The molecule has 0 aliphatic heterocycles. The van der Waals surface area contributed by atoms with E-state index in [0.29, 0.717) is 26.4 Å². The van der Waals surface area contributed by atoms with Gasteiger partial charge in [-0.3, -0.25) is 0 Å². The van der Waals surface area contributed by atoms with E-state index in [1.165, 1.54) is 0 Å². The lowest BCUT2D eigenvalue weighted by molar-refractivity contribution is 0.0799. The van der Waals surface area contributed by atoms with Crippen LogP contribution < -0.4 is 15.2 Å². The van der Waals surface area contributed by atoms with E-state index in [1.807, 2.05) is 25.1 Å². The van der Waals surface area contributed by atoms with E-state index in [4.69, 9.17) is 24.7 Å². The molecule has 0 aromatic heterocycles. The molecular weight excluding hydrogens is 270 g/mol. The van der Waals surface area contributed by atoms with Gasteiger partial charge in [0.25, 0.3) is 0 Å². The van der Waals surface area contributed by atoms with Gasteiger partial charge < -0.3 is 24.7 Å². The monoisotopic (exact) mass is 297 g/mol. The van der Waals surface area contributed by atoms with Crippen LogP contribution in [0.5, 0.6) is 11.5 Å². The third-order valence-electron chi connectivity index (χ3n) is 2.91. The molecule has 5 nitrogen and oxygen atoms in total. The van der Waals surface area contributed by atoms with Crippen LogP contribution in [0.1, 0.15) is 18.9 Å². The maximum Gasteiger partial charge on any atom is 0.161 e. The maximum absolute atomic E-state index is 5.82. The fraction of sp³-hybridized carbons (Fsp3) is 0.625. The summed E-state index contributed by atoms with van der Waals surface area (Å²) < 4.78 is 21.5. The predicted octanol–water partition coefficient (Wildman–Crippen LogP) is 2.02. The van der Waals surface area contributed by atoms with Crippen LogP contribution in [-0.4, -0.2) is 46.7 Å². The van der Waals surface area contributed by atoms with Gasteiger partial charge in [0, 0.05) is 26.4 Å². The second-order valence-corrected chi connectivity index (χ2v) is 4.97. The molecule has 2 N–H and O–H groups in total. The van der Waals surface area contributed by atoms with Crippen LogP contribution in [0.15, 0.2) is 18.2 Å². The van der Waals surface area contributed by atoms with Crippen LogP contribution in [0.2, 0.25) is 0 Å². The summed E-state index contributed by atoms with van der Waals surface area (Å²) in [4.78, 5) is 0. The molecule has 0 saturated carbocycles. The number of ether oxygens (including phenoxy) is 4. The first kappa shape index (κ1) is 17.8. The van der Waals surface area contributed by atoms with Crippen LogP contribution in [-0.2, 0) is 15.9 Å². The molecule has 1 unspecified atom stereocenters. The van der Waals surface area contributed by atoms with Crippen LogP contribution in [0.3, 0.4) is 0 Å². The van der Waals surface area contributed by atoms with Crippen molar-refractivity contribution in [1.29, 1.82) is 0 Å². The van der Waals surface area contributed by atoms with Crippen LogP contribution in [0.4, 0.5) is 0 Å². The first-order valence-electron chi connectivity index (χ1n) is 7.29. The van der Waals surface area contributed by atoms with E-state index >= 15 is 0 Å². The number of nitrogens with two attached hydrogens (primary N) is 1. The van der Waals surface area contributed by atoms with Gasteiger partial charge in [0.2, 0.25) is 0 Å². The van der Waals surface area contributed by atoms with Gasteiger partial charge in [0.05, 0.1) is 13.7 Å². The maximum atomic E-state index is 5.82. The van der Waals surface area contributed by atoms with E-state index < -0.39 is 0 Å². The molecule has 0 amide bonds. The zero-order valence-corrected chi connectivity index (χ0v) is 13.3. The molecular formula is C16H27NO4. The van der Waals surface area contributed by atoms with Gasteiger partial charge in [-0.2, -0.15) is 0 Å². The Bertz CT molecular complexity index is 396. The summed E-state index contributed by atoms with van der Waals surface area (Å²) in [6, 6.07) is 6.02. The van der Waals surface area contributed by atoms with Gasteiger partial charge in [-0.15, -0.1) is 0 Å². The highest BCUT2D eigenvalue weighted by Crippen LogP contribution is 2.28. The third kappa shape index (κ3) is 7.32. The van der Waals surface area contributed by atoms with Gasteiger partial charge in [0.15, 0.2) is 11.5 Å². The Morgan fingerprint density at radius 2 is 1.86 bits per heavy atom. The van der Waals surface area contributed by atoms with E-state index in [1.54, 1.807) is 14.2 Å². The predicted molar refractivity (Wildman–Crippen MR) is 83.2 cm³/mol. The Balaban J connectivity index is 2.41. The molecule has 0 spiro atoms. The fourth-order valence-electron chi connectivity index (χ4n) is 1.95. The first-order chi connectivity index (χ1) is 10.2. The van der Waals surface area contributed by atoms with Crippen LogP contribution >= 0.6 is 0 Å². The molecule has 0 radical (unpaired) electrons. The minimum absolute atomic E-state index is 0.121. The Labute approximate surface area is 127 Å². The van der Waals surface area contributed by atoms with Gasteiger partial charge >= 0.3 is 0 Å². The SMILES string of the molecule is COCCCOCCOc1cc(CC(C)N)ccc1OC. The quantitative estimate of drug-likeness (QED) is 0.633. The fourth-order valence-corrected chi connectivity index (χ4v) is 1.95. The lowest BCUT2D eigenvalue weighted by atomic mass is 10.1. The van der Waals surface area contributed by atoms with Crippen molar-refractivity contribution in [3.63, 3.8) is 0 Å². The average molecular weight is 297 g/mol. The topological polar surface area (TPSA) is 62.9 Å². The summed E-state index contributed by atoms with van der Waals surface area (Å²) in [5.41, 5.74) is 6.96. The zero-order chi connectivity index (χ0) is 15.5. The van der Waals surface area contributed by atoms with Gasteiger partial charge in [-0.05, 0) is 37.5 Å². The van der Waals surface area contributed by atoms with Crippen molar-refractivity contribution < 1.29 is 18.9 Å². The molecule has 0 saturated heterocycles.